The molecule has 0 saturated heterocycles. The Morgan fingerprint density at radius 1 is 1.07 bits per heavy atom. The second kappa shape index (κ2) is 8.32. The molecular weight excluding hydrogens is 392 g/mol. The zero-order valence-electron chi connectivity index (χ0n) is 16.3. The Labute approximate surface area is 173 Å². The fraction of sp³-hybridized carbons (Fsp3) is 0.200. The van der Waals surface area contributed by atoms with Crippen LogP contribution in [0, 0.1) is 20.8 Å². The molecular formula is C20H21ClN6O2. The maximum Gasteiger partial charge on any atom is 0.280 e. The van der Waals surface area contributed by atoms with Crippen LogP contribution in [0.3, 0.4) is 0 Å². The number of carbonyl (C=O) groups is 2. The van der Waals surface area contributed by atoms with E-state index in [1.54, 1.807) is 18.2 Å². The number of rotatable bonds is 5. The van der Waals surface area contributed by atoms with E-state index in [0.717, 1.165) is 16.7 Å². The summed E-state index contributed by atoms with van der Waals surface area (Å²) in [7, 11) is 0. The van der Waals surface area contributed by atoms with Crippen LogP contribution in [0.1, 0.15) is 27.2 Å². The molecule has 3 rings (SSSR count). The Bertz CT molecular complexity index is 1090. The van der Waals surface area contributed by atoms with Crippen molar-refractivity contribution >= 4 is 40.6 Å². The number of aromatic nitrogens is 3. The molecule has 3 aromatic rings. The molecule has 0 radical (unpaired) electrons. The molecule has 0 unspecified atom stereocenters. The molecule has 9 heteroatoms. The minimum atomic E-state index is -0.538. The van der Waals surface area contributed by atoms with Crippen LogP contribution in [0.2, 0.25) is 5.02 Å². The summed E-state index contributed by atoms with van der Waals surface area (Å²) in [6, 6.07) is 10.9. The first kappa shape index (κ1) is 20.3. The van der Waals surface area contributed by atoms with Crippen molar-refractivity contribution in [1.29, 1.82) is 0 Å². The number of carbonyl (C=O) groups excluding carboxylic acids is 2. The quantitative estimate of drug-likeness (QED) is 0.594. The molecule has 1 aromatic heterocycles. The van der Waals surface area contributed by atoms with Crippen molar-refractivity contribution in [1.82, 2.24) is 15.0 Å². The van der Waals surface area contributed by atoms with Gasteiger partial charge in [0, 0.05) is 16.4 Å². The normalized spacial score (nSPS) is 10.6. The Morgan fingerprint density at radius 3 is 2.52 bits per heavy atom. The molecule has 29 heavy (non-hydrogen) atoms. The summed E-state index contributed by atoms with van der Waals surface area (Å²) in [4.78, 5) is 24.8. The molecule has 0 saturated carbocycles. The fourth-order valence-corrected chi connectivity index (χ4v) is 2.84. The molecule has 2 aromatic carbocycles. The van der Waals surface area contributed by atoms with Gasteiger partial charge in [-0.1, -0.05) is 35.0 Å². The van der Waals surface area contributed by atoms with Gasteiger partial charge in [0.1, 0.15) is 6.54 Å². The first-order valence-electron chi connectivity index (χ1n) is 8.88. The minimum Gasteiger partial charge on any atom is -0.382 e. The van der Waals surface area contributed by atoms with E-state index in [1.807, 2.05) is 39.0 Å². The van der Waals surface area contributed by atoms with Crippen LogP contribution >= 0.6 is 11.6 Å². The van der Waals surface area contributed by atoms with Gasteiger partial charge in [-0.15, -0.1) is 5.10 Å². The van der Waals surface area contributed by atoms with Crippen LogP contribution < -0.4 is 16.4 Å². The first-order valence-corrected chi connectivity index (χ1v) is 9.26. The van der Waals surface area contributed by atoms with Crippen LogP contribution in [0.25, 0.3) is 0 Å². The van der Waals surface area contributed by atoms with E-state index >= 15 is 0 Å². The minimum absolute atomic E-state index is 0.00294. The Kier molecular flexibility index (Phi) is 5.84. The number of halogens is 1. The number of aryl methyl sites for hydroxylation is 3. The zero-order valence-corrected chi connectivity index (χ0v) is 17.0. The van der Waals surface area contributed by atoms with E-state index in [2.05, 4.69) is 20.9 Å². The van der Waals surface area contributed by atoms with Gasteiger partial charge in [0.2, 0.25) is 5.91 Å². The third-order valence-corrected chi connectivity index (χ3v) is 4.79. The van der Waals surface area contributed by atoms with E-state index in [1.165, 1.54) is 4.68 Å². The molecule has 0 aliphatic rings. The van der Waals surface area contributed by atoms with Crippen LogP contribution in [0.4, 0.5) is 17.2 Å². The van der Waals surface area contributed by atoms with Crippen molar-refractivity contribution in [3.8, 4) is 0 Å². The predicted octanol–water partition coefficient (Wildman–Crippen LogP) is 3.33. The highest BCUT2D eigenvalue weighted by atomic mass is 35.5. The van der Waals surface area contributed by atoms with Gasteiger partial charge in [-0.05, 0) is 55.7 Å². The molecule has 0 bridgehead atoms. The van der Waals surface area contributed by atoms with Gasteiger partial charge >= 0.3 is 0 Å². The number of hydrogen-bond acceptors (Lipinski definition) is 5. The highest BCUT2D eigenvalue weighted by Crippen LogP contribution is 2.21. The van der Waals surface area contributed by atoms with Gasteiger partial charge < -0.3 is 16.4 Å². The molecule has 0 spiro atoms. The summed E-state index contributed by atoms with van der Waals surface area (Å²) in [6.45, 7) is 5.53. The number of benzene rings is 2. The molecule has 2 amide bonds. The lowest BCUT2D eigenvalue weighted by Crippen LogP contribution is -2.22. The smallest absolute Gasteiger partial charge is 0.280 e. The number of nitrogen functional groups attached to an aromatic ring is 1. The largest absolute Gasteiger partial charge is 0.382 e. The lowest BCUT2D eigenvalue weighted by atomic mass is 10.1. The molecule has 8 nitrogen and oxygen atoms in total. The molecule has 150 valence electrons. The SMILES string of the molecule is Cc1ccc(C)c(NC(=O)Cn2nnc(C(=O)Nc3ccc(C)c(Cl)c3)c2N)c1. The second-order valence-electron chi connectivity index (χ2n) is 6.77. The number of nitrogens with one attached hydrogen (secondary N) is 2. The molecule has 0 atom stereocenters. The first-order chi connectivity index (χ1) is 13.7. The summed E-state index contributed by atoms with van der Waals surface area (Å²) in [5.41, 5.74) is 9.99. The summed E-state index contributed by atoms with van der Waals surface area (Å²) in [6.07, 6.45) is 0. The Morgan fingerprint density at radius 2 is 1.79 bits per heavy atom. The molecule has 0 aliphatic carbocycles. The summed E-state index contributed by atoms with van der Waals surface area (Å²) >= 11 is 6.07. The molecule has 4 N–H and O–H groups in total. The van der Waals surface area contributed by atoms with Gasteiger partial charge in [-0.25, -0.2) is 4.68 Å². The van der Waals surface area contributed by atoms with Crippen LogP contribution in [0.15, 0.2) is 36.4 Å². The van der Waals surface area contributed by atoms with Crippen LogP contribution in [-0.2, 0) is 11.3 Å². The zero-order chi connectivity index (χ0) is 21.1. The third-order valence-electron chi connectivity index (χ3n) is 4.38. The van der Waals surface area contributed by atoms with Gasteiger partial charge in [0.05, 0.1) is 0 Å². The highest BCUT2D eigenvalue weighted by molar-refractivity contribution is 6.31. The van der Waals surface area contributed by atoms with E-state index in [4.69, 9.17) is 17.3 Å². The third kappa shape index (κ3) is 4.72. The monoisotopic (exact) mass is 412 g/mol. The molecule has 1 heterocycles. The number of amides is 2. The van der Waals surface area contributed by atoms with Gasteiger partial charge in [0.15, 0.2) is 11.5 Å². The van der Waals surface area contributed by atoms with Gasteiger partial charge in [-0.3, -0.25) is 9.59 Å². The topological polar surface area (TPSA) is 115 Å². The van der Waals surface area contributed by atoms with E-state index in [0.29, 0.717) is 16.4 Å². The van der Waals surface area contributed by atoms with Crippen LogP contribution in [0.5, 0.6) is 0 Å². The van der Waals surface area contributed by atoms with Crippen molar-refractivity contribution in [2.45, 2.75) is 27.3 Å². The second-order valence-corrected chi connectivity index (χ2v) is 7.17. The summed E-state index contributed by atoms with van der Waals surface area (Å²) < 4.78 is 1.18. The summed E-state index contributed by atoms with van der Waals surface area (Å²) in [5.74, 6) is -0.868. The van der Waals surface area contributed by atoms with Gasteiger partial charge in [0.25, 0.3) is 5.91 Å². The van der Waals surface area contributed by atoms with Crippen LogP contribution in [-0.4, -0.2) is 26.8 Å². The van der Waals surface area contributed by atoms with Crippen molar-refractivity contribution in [2.75, 3.05) is 16.4 Å². The fourth-order valence-electron chi connectivity index (χ4n) is 2.66. The average Bonchev–Trinajstić information content (AvgIpc) is 3.02. The maximum absolute atomic E-state index is 12.5. The Balaban J connectivity index is 1.69. The van der Waals surface area contributed by atoms with Crippen molar-refractivity contribution < 1.29 is 9.59 Å². The average molecular weight is 413 g/mol. The standard InChI is InChI=1S/C20H21ClN6O2/c1-11-4-5-13(3)16(8-11)24-17(28)10-27-19(22)18(25-26-27)20(29)23-14-7-6-12(2)15(21)9-14/h4-9H,10,22H2,1-3H3,(H,23,29)(H,24,28). The van der Waals surface area contributed by atoms with Crippen molar-refractivity contribution in [3.05, 3.63) is 63.8 Å². The van der Waals surface area contributed by atoms with E-state index in [-0.39, 0.29) is 24.0 Å². The lowest BCUT2D eigenvalue weighted by Gasteiger charge is -2.10. The van der Waals surface area contributed by atoms with Crippen molar-refractivity contribution in [2.24, 2.45) is 0 Å². The summed E-state index contributed by atoms with van der Waals surface area (Å²) in [5, 5.41) is 13.6. The highest BCUT2D eigenvalue weighted by Gasteiger charge is 2.19. The van der Waals surface area contributed by atoms with E-state index < -0.39 is 5.91 Å². The molecule has 0 fully saturated rings. The number of hydrogen-bond donors (Lipinski definition) is 3. The van der Waals surface area contributed by atoms with Crippen molar-refractivity contribution in [3.63, 3.8) is 0 Å². The maximum atomic E-state index is 12.5. The van der Waals surface area contributed by atoms with E-state index in [9.17, 15) is 9.59 Å². The number of nitrogens with zero attached hydrogens (tertiary/aromatic N) is 3. The predicted molar refractivity (Wildman–Crippen MR) is 113 cm³/mol. The molecule has 0 aliphatic heterocycles. The number of anilines is 3. The Hall–Kier alpha value is -3.39. The lowest BCUT2D eigenvalue weighted by molar-refractivity contribution is -0.116. The number of nitrogens with two attached hydrogens (primary N) is 1. The van der Waals surface area contributed by atoms with Gasteiger partial charge in [-0.2, -0.15) is 0 Å².